The highest BCUT2D eigenvalue weighted by Crippen LogP contribution is 2.17. The molecule has 18 heavy (non-hydrogen) atoms. The zero-order valence-electron chi connectivity index (χ0n) is 11.1. The predicted molar refractivity (Wildman–Crippen MR) is 77.6 cm³/mol. The number of amides is 1. The number of halogens is 1. The normalized spacial score (nSPS) is 32.8. The van der Waals surface area contributed by atoms with Crippen LogP contribution in [0, 0.1) is 0 Å². The largest absolute Gasteiger partial charge is 0.375 e. The highest BCUT2D eigenvalue weighted by atomic mass is 35.5. The summed E-state index contributed by atoms with van der Waals surface area (Å²) >= 11 is 1.94. The Kier molecular flexibility index (Phi) is 6.77. The van der Waals surface area contributed by atoms with Crippen molar-refractivity contribution in [3.63, 3.8) is 0 Å². The lowest BCUT2D eigenvalue weighted by molar-refractivity contribution is -0.144. The maximum atomic E-state index is 12.2. The van der Waals surface area contributed by atoms with Gasteiger partial charge in [-0.05, 0) is 13.8 Å². The molecule has 3 atom stereocenters. The number of ether oxygens (including phenoxy) is 1. The first-order chi connectivity index (χ1) is 8.18. The standard InChI is InChI=1S/C12H22N2O2S.ClH/c1-9-10(2)16-5-4-14(9)12(15)7-11-8-17-6-3-13-11;/h9-11,13H,3-8H2,1-2H3;1H. The van der Waals surface area contributed by atoms with Gasteiger partial charge in [-0.2, -0.15) is 11.8 Å². The summed E-state index contributed by atoms with van der Waals surface area (Å²) in [4.78, 5) is 14.2. The molecule has 0 spiro atoms. The predicted octanol–water partition coefficient (Wildman–Crippen LogP) is 1.14. The van der Waals surface area contributed by atoms with E-state index in [9.17, 15) is 4.79 Å². The molecule has 4 nitrogen and oxygen atoms in total. The van der Waals surface area contributed by atoms with Gasteiger partial charge in [0.05, 0.1) is 18.8 Å². The first-order valence-electron chi connectivity index (χ1n) is 6.40. The van der Waals surface area contributed by atoms with Crippen LogP contribution in [-0.4, -0.2) is 60.2 Å². The van der Waals surface area contributed by atoms with E-state index in [1.807, 2.05) is 23.6 Å². The van der Waals surface area contributed by atoms with Gasteiger partial charge in [-0.3, -0.25) is 4.79 Å². The average molecular weight is 295 g/mol. The van der Waals surface area contributed by atoms with Crippen LogP contribution in [0.5, 0.6) is 0 Å². The molecule has 0 aromatic carbocycles. The monoisotopic (exact) mass is 294 g/mol. The van der Waals surface area contributed by atoms with E-state index in [0.717, 1.165) is 24.6 Å². The highest BCUT2D eigenvalue weighted by molar-refractivity contribution is 7.99. The van der Waals surface area contributed by atoms with Crippen LogP contribution in [0.2, 0.25) is 0 Å². The van der Waals surface area contributed by atoms with Crippen LogP contribution in [-0.2, 0) is 9.53 Å². The third kappa shape index (κ3) is 4.02. The van der Waals surface area contributed by atoms with Crippen molar-refractivity contribution in [3.05, 3.63) is 0 Å². The number of nitrogens with zero attached hydrogens (tertiary/aromatic N) is 1. The van der Waals surface area contributed by atoms with E-state index in [2.05, 4.69) is 12.2 Å². The van der Waals surface area contributed by atoms with E-state index in [-0.39, 0.29) is 30.5 Å². The quantitative estimate of drug-likeness (QED) is 0.829. The van der Waals surface area contributed by atoms with Crippen molar-refractivity contribution in [3.8, 4) is 0 Å². The Morgan fingerprint density at radius 2 is 2.28 bits per heavy atom. The number of hydrogen-bond acceptors (Lipinski definition) is 4. The average Bonchev–Trinajstić information content (AvgIpc) is 2.34. The van der Waals surface area contributed by atoms with Crippen molar-refractivity contribution >= 4 is 30.1 Å². The molecule has 0 saturated carbocycles. The number of carbonyl (C=O) groups is 1. The minimum Gasteiger partial charge on any atom is -0.375 e. The van der Waals surface area contributed by atoms with Crippen LogP contribution in [0.3, 0.4) is 0 Å². The first kappa shape index (κ1) is 16.1. The van der Waals surface area contributed by atoms with Crippen molar-refractivity contribution in [1.82, 2.24) is 10.2 Å². The van der Waals surface area contributed by atoms with Crippen molar-refractivity contribution in [1.29, 1.82) is 0 Å². The second kappa shape index (κ2) is 7.58. The fourth-order valence-corrected chi connectivity index (χ4v) is 3.31. The fourth-order valence-electron chi connectivity index (χ4n) is 2.36. The molecule has 1 amide bonds. The highest BCUT2D eigenvalue weighted by Gasteiger charge is 2.30. The lowest BCUT2D eigenvalue weighted by Gasteiger charge is -2.38. The third-order valence-electron chi connectivity index (χ3n) is 3.62. The van der Waals surface area contributed by atoms with Crippen LogP contribution >= 0.6 is 24.2 Å². The van der Waals surface area contributed by atoms with Gasteiger partial charge in [-0.15, -0.1) is 12.4 Å². The van der Waals surface area contributed by atoms with Gasteiger partial charge in [0.15, 0.2) is 0 Å². The van der Waals surface area contributed by atoms with E-state index < -0.39 is 0 Å². The Labute approximate surface area is 120 Å². The lowest BCUT2D eigenvalue weighted by atomic mass is 10.1. The van der Waals surface area contributed by atoms with Crippen LogP contribution in [0.4, 0.5) is 0 Å². The molecular weight excluding hydrogens is 272 g/mol. The van der Waals surface area contributed by atoms with Gasteiger partial charge < -0.3 is 15.0 Å². The molecule has 0 aliphatic carbocycles. The Bertz CT molecular complexity index is 275. The van der Waals surface area contributed by atoms with E-state index in [4.69, 9.17) is 4.74 Å². The van der Waals surface area contributed by atoms with Crippen LogP contribution < -0.4 is 5.32 Å². The van der Waals surface area contributed by atoms with Gasteiger partial charge in [-0.1, -0.05) is 0 Å². The van der Waals surface area contributed by atoms with Crippen LogP contribution in [0.15, 0.2) is 0 Å². The Hall–Kier alpha value is 0.0300. The summed E-state index contributed by atoms with van der Waals surface area (Å²) in [6.07, 6.45) is 0.783. The van der Waals surface area contributed by atoms with Gasteiger partial charge in [0.25, 0.3) is 0 Å². The fraction of sp³-hybridized carbons (Fsp3) is 0.917. The number of hydrogen-bond donors (Lipinski definition) is 1. The van der Waals surface area contributed by atoms with Crippen molar-refractivity contribution in [2.75, 3.05) is 31.2 Å². The molecule has 2 aliphatic heterocycles. The van der Waals surface area contributed by atoms with Crippen molar-refractivity contribution < 1.29 is 9.53 Å². The third-order valence-corrected chi connectivity index (χ3v) is 4.75. The van der Waals surface area contributed by atoms with Crippen molar-refractivity contribution in [2.24, 2.45) is 0 Å². The molecular formula is C12H23ClN2O2S. The Balaban J connectivity index is 0.00000162. The number of thioether (sulfide) groups is 1. The summed E-state index contributed by atoms with van der Waals surface area (Å²) in [5.41, 5.74) is 0. The number of morpholine rings is 1. The molecule has 1 N–H and O–H groups in total. The summed E-state index contributed by atoms with van der Waals surface area (Å²) in [6, 6.07) is 0.555. The molecule has 2 aliphatic rings. The minimum absolute atomic E-state index is 0. The van der Waals surface area contributed by atoms with Crippen LogP contribution in [0.1, 0.15) is 20.3 Å². The summed E-state index contributed by atoms with van der Waals surface area (Å²) in [7, 11) is 0. The summed E-state index contributed by atoms with van der Waals surface area (Å²) in [5, 5.41) is 3.42. The first-order valence-corrected chi connectivity index (χ1v) is 7.56. The molecule has 106 valence electrons. The molecule has 0 aromatic rings. The molecule has 2 saturated heterocycles. The van der Waals surface area contributed by atoms with E-state index >= 15 is 0 Å². The molecule has 2 fully saturated rings. The van der Waals surface area contributed by atoms with Gasteiger partial charge in [0.1, 0.15) is 0 Å². The van der Waals surface area contributed by atoms with E-state index in [1.54, 1.807) is 0 Å². The summed E-state index contributed by atoms with van der Waals surface area (Å²) < 4.78 is 5.55. The SMILES string of the molecule is CC1OCCN(C(=O)CC2CSCCN2)C1C.Cl. The molecule has 2 rings (SSSR count). The zero-order chi connectivity index (χ0) is 12.3. The maximum absolute atomic E-state index is 12.2. The van der Waals surface area contributed by atoms with E-state index in [0.29, 0.717) is 19.1 Å². The molecule has 3 unspecified atom stereocenters. The molecule has 0 radical (unpaired) electrons. The molecule has 2 heterocycles. The zero-order valence-corrected chi connectivity index (χ0v) is 12.7. The number of nitrogens with one attached hydrogen (secondary N) is 1. The maximum Gasteiger partial charge on any atom is 0.224 e. The topological polar surface area (TPSA) is 41.6 Å². The minimum atomic E-state index is 0. The second-order valence-electron chi connectivity index (χ2n) is 4.83. The number of rotatable bonds is 2. The second-order valence-corrected chi connectivity index (χ2v) is 5.98. The Morgan fingerprint density at radius 3 is 2.94 bits per heavy atom. The van der Waals surface area contributed by atoms with Gasteiger partial charge in [0, 0.05) is 37.1 Å². The van der Waals surface area contributed by atoms with Gasteiger partial charge >= 0.3 is 0 Å². The van der Waals surface area contributed by atoms with Gasteiger partial charge in [-0.25, -0.2) is 0 Å². The molecule has 6 heteroatoms. The lowest BCUT2D eigenvalue weighted by Crippen LogP contribution is -2.53. The Morgan fingerprint density at radius 1 is 1.50 bits per heavy atom. The molecule has 0 aromatic heterocycles. The summed E-state index contributed by atoms with van der Waals surface area (Å²) in [6.45, 7) is 6.55. The smallest absolute Gasteiger partial charge is 0.224 e. The summed E-state index contributed by atoms with van der Waals surface area (Å²) in [5.74, 6) is 2.49. The number of carbonyl (C=O) groups excluding carboxylic acids is 1. The van der Waals surface area contributed by atoms with E-state index in [1.165, 1.54) is 0 Å². The molecule has 0 bridgehead atoms. The van der Waals surface area contributed by atoms with Gasteiger partial charge in [0.2, 0.25) is 5.91 Å². The van der Waals surface area contributed by atoms with Crippen LogP contribution in [0.25, 0.3) is 0 Å². The van der Waals surface area contributed by atoms with Crippen molar-refractivity contribution in [2.45, 2.75) is 38.5 Å².